The molecule has 0 spiro atoms. The molecule has 0 aromatic carbocycles. The van der Waals surface area contributed by atoms with Gasteiger partial charge in [-0.15, -0.1) is 0 Å². The maximum absolute atomic E-state index is 11.5. The van der Waals surface area contributed by atoms with Crippen LogP contribution in [-0.2, 0) is 14.6 Å². The highest BCUT2D eigenvalue weighted by Gasteiger charge is 2.28. The highest BCUT2D eigenvalue weighted by Crippen LogP contribution is 2.14. The first kappa shape index (κ1) is 20.4. The molecule has 2 heterocycles. The van der Waals surface area contributed by atoms with Crippen molar-refractivity contribution in [1.29, 1.82) is 0 Å². The van der Waals surface area contributed by atoms with Gasteiger partial charge in [-0.2, -0.15) is 0 Å². The Hall–Kier alpha value is -0.900. The summed E-state index contributed by atoms with van der Waals surface area (Å²) in [4.78, 5) is 8.89. The van der Waals surface area contributed by atoms with Crippen LogP contribution in [0.3, 0.4) is 0 Å². The van der Waals surface area contributed by atoms with Gasteiger partial charge in [-0.1, -0.05) is 0 Å². The number of ether oxygens (including phenoxy) is 1. The number of nitrogens with zero attached hydrogens (tertiary/aromatic N) is 3. The Morgan fingerprint density at radius 3 is 2.36 bits per heavy atom. The molecule has 0 unspecified atom stereocenters. The topological polar surface area (TPSA) is 86.3 Å². The molecule has 8 nitrogen and oxygen atoms in total. The van der Waals surface area contributed by atoms with Gasteiger partial charge < -0.3 is 15.4 Å². The van der Waals surface area contributed by atoms with Gasteiger partial charge in [0.15, 0.2) is 15.8 Å². The standard InChI is InChI=1S/C16H33N5O3S/c1-16(2,21-6-10-24-11-7-21)14-19-15(17-3)18-4-5-20-8-12-25(22,23)13-9-20/h4-14H2,1-3H3,(H2,17,18,19). The van der Waals surface area contributed by atoms with Crippen molar-refractivity contribution in [3.8, 4) is 0 Å². The monoisotopic (exact) mass is 375 g/mol. The van der Waals surface area contributed by atoms with Crippen molar-refractivity contribution < 1.29 is 13.2 Å². The Kier molecular flexibility index (Phi) is 7.48. The van der Waals surface area contributed by atoms with E-state index in [2.05, 4.69) is 39.3 Å². The molecule has 2 saturated heterocycles. The van der Waals surface area contributed by atoms with E-state index < -0.39 is 9.84 Å². The molecule has 0 saturated carbocycles. The maximum atomic E-state index is 11.5. The fourth-order valence-corrected chi connectivity index (χ4v) is 4.38. The maximum Gasteiger partial charge on any atom is 0.191 e. The molecule has 2 rings (SSSR count). The van der Waals surface area contributed by atoms with E-state index >= 15 is 0 Å². The lowest BCUT2D eigenvalue weighted by Gasteiger charge is -2.41. The summed E-state index contributed by atoms with van der Waals surface area (Å²) >= 11 is 0. The summed E-state index contributed by atoms with van der Waals surface area (Å²) < 4.78 is 28.3. The van der Waals surface area contributed by atoms with Gasteiger partial charge in [0.05, 0.1) is 24.7 Å². The van der Waals surface area contributed by atoms with Crippen LogP contribution >= 0.6 is 0 Å². The highest BCUT2D eigenvalue weighted by atomic mass is 32.2. The number of rotatable bonds is 6. The first-order valence-corrected chi connectivity index (χ1v) is 10.8. The molecule has 0 aliphatic carbocycles. The number of hydrogen-bond acceptors (Lipinski definition) is 6. The van der Waals surface area contributed by atoms with Gasteiger partial charge in [0, 0.05) is 58.4 Å². The van der Waals surface area contributed by atoms with E-state index in [1.54, 1.807) is 7.05 Å². The van der Waals surface area contributed by atoms with Crippen LogP contribution in [0.15, 0.2) is 4.99 Å². The Balaban J connectivity index is 1.68. The number of nitrogens with one attached hydrogen (secondary N) is 2. The minimum absolute atomic E-state index is 0.0304. The molecule has 9 heteroatoms. The SMILES string of the molecule is CN=C(NCCN1CCS(=O)(=O)CC1)NCC(C)(C)N1CCOCC1. The van der Waals surface area contributed by atoms with E-state index in [9.17, 15) is 8.42 Å². The van der Waals surface area contributed by atoms with E-state index in [-0.39, 0.29) is 17.0 Å². The Bertz CT molecular complexity index is 530. The van der Waals surface area contributed by atoms with Crippen molar-refractivity contribution >= 4 is 15.8 Å². The second-order valence-corrected chi connectivity index (χ2v) is 9.56. The summed E-state index contributed by atoms with van der Waals surface area (Å²) in [5.41, 5.74) is 0.0304. The Morgan fingerprint density at radius 2 is 1.76 bits per heavy atom. The van der Waals surface area contributed by atoms with E-state index in [0.29, 0.717) is 13.1 Å². The van der Waals surface area contributed by atoms with Crippen LogP contribution in [0, 0.1) is 0 Å². The number of morpholine rings is 1. The van der Waals surface area contributed by atoms with Crippen molar-refractivity contribution in [1.82, 2.24) is 20.4 Å². The minimum Gasteiger partial charge on any atom is -0.379 e. The number of sulfone groups is 1. The molecule has 0 radical (unpaired) electrons. The highest BCUT2D eigenvalue weighted by molar-refractivity contribution is 7.91. The predicted molar refractivity (Wildman–Crippen MR) is 101 cm³/mol. The first-order chi connectivity index (χ1) is 11.8. The zero-order valence-electron chi connectivity index (χ0n) is 15.8. The summed E-state index contributed by atoms with van der Waals surface area (Å²) in [5, 5.41) is 6.72. The number of aliphatic imine (C=N–C) groups is 1. The molecule has 25 heavy (non-hydrogen) atoms. The summed E-state index contributed by atoms with van der Waals surface area (Å²) in [6, 6.07) is 0. The normalized spacial score (nSPS) is 23.4. The van der Waals surface area contributed by atoms with Crippen LogP contribution in [0.4, 0.5) is 0 Å². The van der Waals surface area contributed by atoms with Gasteiger partial charge in [-0.05, 0) is 13.8 Å². The number of guanidine groups is 1. The molecule has 0 aromatic heterocycles. The van der Waals surface area contributed by atoms with Crippen molar-refractivity contribution in [2.75, 3.05) is 77.6 Å². The van der Waals surface area contributed by atoms with Crippen molar-refractivity contribution in [3.05, 3.63) is 0 Å². The van der Waals surface area contributed by atoms with Gasteiger partial charge in [0.1, 0.15) is 0 Å². The lowest BCUT2D eigenvalue weighted by atomic mass is 10.0. The average molecular weight is 376 g/mol. The van der Waals surface area contributed by atoms with Crippen LogP contribution in [0.5, 0.6) is 0 Å². The van der Waals surface area contributed by atoms with Crippen molar-refractivity contribution in [2.24, 2.45) is 4.99 Å². The molecule has 2 N–H and O–H groups in total. The Morgan fingerprint density at radius 1 is 1.12 bits per heavy atom. The second-order valence-electron chi connectivity index (χ2n) is 7.26. The smallest absolute Gasteiger partial charge is 0.191 e. The minimum atomic E-state index is -2.81. The summed E-state index contributed by atoms with van der Waals surface area (Å²) in [5.74, 6) is 1.33. The van der Waals surface area contributed by atoms with E-state index in [4.69, 9.17) is 4.74 Å². The molecular formula is C16H33N5O3S. The van der Waals surface area contributed by atoms with E-state index in [0.717, 1.165) is 51.9 Å². The van der Waals surface area contributed by atoms with Gasteiger partial charge in [0.2, 0.25) is 0 Å². The summed E-state index contributed by atoms with van der Waals surface area (Å²) in [6.45, 7) is 11.6. The van der Waals surface area contributed by atoms with Gasteiger partial charge in [0.25, 0.3) is 0 Å². The van der Waals surface area contributed by atoms with Crippen LogP contribution in [0.1, 0.15) is 13.8 Å². The average Bonchev–Trinajstić information content (AvgIpc) is 2.60. The number of hydrogen-bond donors (Lipinski definition) is 2. The molecule has 0 atom stereocenters. The molecule has 2 fully saturated rings. The summed E-state index contributed by atoms with van der Waals surface area (Å²) in [6.07, 6.45) is 0. The van der Waals surface area contributed by atoms with Gasteiger partial charge in [-0.3, -0.25) is 14.8 Å². The molecule has 2 aliphatic heterocycles. The summed E-state index contributed by atoms with van der Waals surface area (Å²) in [7, 11) is -1.04. The van der Waals surface area contributed by atoms with E-state index in [1.165, 1.54) is 0 Å². The van der Waals surface area contributed by atoms with E-state index in [1.807, 2.05) is 0 Å². The molecule has 2 aliphatic rings. The molecular weight excluding hydrogens is 342 g/mol. The van der Waals surface area contributed by atoms with Crippen LogP contribution in [0.25, 0.3) is 0 Å². The lowest BCUT2D eigenvalue weighted by molar-refractivity contribution is -0.00834. The zero-order valence-corrected chi connectivity index (χ0v) is 16.6. The molecule has 0 amide bonds. The fourth-order valence-electron chi connectivity index (χ4n) is 3.11. The molecule has 146 valence electrons. The fraction of sp³-hybridized carbons (Fsp3) is 0.938. The third kappa shape index (κ3) is 6.73. The van der Waals surface area contributed by atoms with Crippen LogP contribution in [-0.4, -0.2) is 107 Å². The predicted octanol–water partition coefficient (Wildman–Crippen LogP) is -1.01. The van der Waals surface area contributed by atoms with Gasteiger partial charge in [-0.25, -0.2) is 8.42 Å². The first-order valence-electron chi connectivity index (χ1n) is 9.02. The van der Waals surface area contributed by atoms with Crippen molar-refractivity contribution in [2.45, 2.75) is 19.4 Å². The zero-order chi connectivity index (χ0) is 18.3. The molecule has 0 bridgehead atoms. The third-order valence-corrected chi connectivity index (χ3v) is 6.55. The Labute approximate surface area is 151 Å². The lowest BCUT2D eigenvalue weighted by Crippen LogP contribution is -2.56. The van der Waals surface area contributed by atoms with Gasteiger partial charge >= 0.3 is 0 Å². The largest absolute Gasteiger partial charge is 0.379 e. The van der Waals surface area contributed by atoms with Crippen LogP contribution < -0.4 is 10.6 Å². The second kappa shape index (κ2) is 9.16. The molecule has 0 aromatic rings. The van der Waals surface area contributed by atoms with Crippen molar-refractivity contribution in [3.63, 3.8) is 0 Å². The van der Waals surface area contributed by atoms with Crippen LogP contribution in [0.2, 0.25) is 0 Å². The third-order valence-electron chi connectivity index (χ3n) is 4.94. The quantitative estimate of drug-likeness (QED) is 0.455.